The lowest BCUT2D eigenvalue weighted by Crippen LogP contribution is -2.24. The number of benzene rings is 1. The van der Waals surface area contributed by atoms with E-state index in [1.165, 1.54) is 11.1 Å². The number of aryl methyl sites for hydroxylation is 1. The minimum absolute atomic E-state index is 0.200. The average molecular weight is 189 g/mol. The van der Waals surface area contributed by atoms with Crippen LogP contribution in [0.15, 0.2) is 18.2 Å². The van der Waals surface area contributed by atoms with Gasteiger partial charge >= 0.3 is 0 Å². The first-order valence-corrected chi connectivity index (χ1v) is 5.11. The van der Waals surface area contributed by atoms with E-state index >= 15 is 0 Å². The Balaban J connectivity index is 2.35. The number of carbonyl (C=O) groups excluding carboxylic acids is 1. The molecule has 2 rings (SSSR count). The van der Waals surface area contributed by atoms with Gasteiger partial charge in [-0.3, -0.25) is 4.79 Å². The second kappa shape index (κ2) is 3.45. The molecule has 1 heterocycles. The summed E-state index contributed by atoms with van der Waals surface area (Å²) < 4.78 is 0. The highest BCUT2D eigenvalue weighted by Gasteiger charge is 2.26. The van der Waals surface area contributed by atoms with Crippen molar-refractivity contribution >= 4 is 5.91 Å². The SMILES string of the molecule is CCCN1Cc2c(C)cccc2C1=O. The van der Waals surface area contributed by atoms with Crippen LogP contribution in [-0.2, 0) is 6.54 Å². The van der Waals surface area contributed by atoms with Crippen molar-refractivity contribution in [3.63, 3.8) is 0 Å². The summed E-state index contributed by atoms with van der Waals surface area (Å²) in [7, 11) is 0. The Morgan fingerprint density at radius 2 is 2.21 bits per heavy atom. The van der Waals surface area contributed by atoms with Crippen molar-refractivity contribution in [1.29, 1.82) is 0 Å². The zero-order valence-corrected chi connectivity index (χ0v) is 8.71. The van der Waals surface area contributed by atoms with E-state index in [-0.39, 0.29) is 5.91 Å². The molecule has 0 spiro atoms. The summed E-state index contributed by atoms with van der Waals surface area (Å²) >= 11 is 0. The molecule has 74 valence electrons. The lowest BCUT2D eigenvalue weighted by molar-refractivity contribution is 0.0778. The summed E-state index contributed by atoms with van der Waals surface area (Å²) in [5.41, 5.74) is 3.35. The van der Waals surface area contributed by atoms with Crippen molar-refractivity contribution in [3.8, 4) is 0 Å². The van der Waals surface area contributed by atoms with E-state index in [2.05, 4.69) is 19.9 Å². The van der Waals surface area contributed by atoms with E-state index in [1.54, 1.807) is 0 Å². The monoisotopic (exact) mass is 189 g/mol. The van der Waals surface area contributed by atoms with Gasteiger partial charge in [0.15, 0.2) is 0 Å². The van der Waals surface area contributed by atoms with Crippen molar-refractivity contribution in [1.82, 2.24) is 4.90 Å². The summed E-state index contributed by atoms with van der Waals surface area (Å²) in [6, 6.07) is 5.96. The fraction of sp³-hybridized carbons (Fsp3) is 0.417. The standard InChI is InChI=1S/C12H15NO/c1-3-7-13-8-11-9(2)5-4-6-10(11)12(13)14/h4-6H,3,7-8H2,1-2H3. The van der Waals surface area contributed by atoms with Crippen molar-refractivity contribution < 1.29 is 4.79 Å². The zero-order valence-electron chi connectivity index (χ0n) is 8.71. The molecule has 0 fully saturated rings. The highest BCUT2D eigenvalue weighted by Crippen LogP contribution is 2.25. The Morgan fingerprint density at radius 3 is 2.86 bits per heavy atom. The molecule has 14 heavy (non-hydrogen) atoms. The van der Waals surface area contributed by atoms with Gasteiger partial charge in [0.05, 0.1) is 0 Å². The molecule has 0 radical (unpaired) electrons. The van der Waals surface area contributed by atoms with Crippen LogP contribution < -0.4 is 0 Å². The van der Waals surface area contributed by atoms with E-state index in [0.29, 0.717) is 0 Å². The second-order valence-electron chi connectivity index (χ2n) is 3.83. The van der Waals surface area contributed by atoms with Gasteiger partial charge in [0.25, 0.3) is 5.91 Å². The third-order valence-electron chi connectivity index (χ3n) is 2.77. The average Bonchev–Trinajstić information content (AvgIpc) is 2.48. The van der Waals surface area contributed by atoms with Crippen LogP contribution in [0.1, 0.15) is 34.8 Å². The number of nitrogens with zero attached hydrogens (tertiary/aromatic N) is 1. The smallest absolute Gasteiger partial charge is 0.254 e. The molecule has 1 amide bonds. The highest BCUT2D eigenvalue weighted by molar-refractivity contribution is 5.98. The molecule has 0 N–H and O–H groups in total. The molecule has 0 aliphatic carbocycles. The Bertz CT molecular complexity index is 371. The van der Waals surface area contributed by atoms with E-state index in [9.17, 15) is 4.79 Å². The molecule has 2 nitrogen and oxygen atoms in total. The summed E-state index contributed by atoms with van der Waals surface area (Å²) in [6.45, 7) is 5.84. The van der Waals surface area contributed by atoms with Gasteiger partial charge in [0, 0.05) is 18.7 Å². The van der Waals surface area contributed by atoms with Crippen molar-refractivity contribution in [2.45, 2.75) is 26.8 Å². The summed E-state index contributed by atoms with van der Waals surface area (Å²) in [5, 5.41) is 0. The van der Waals surface area contributed by atoms with E-state index in [4.69, 9.17) is 0 Å². The molecular weight excluding hydrogens is 174 g/mol. The van der Waals surface area contributed by atoms with Gasteiger partial charge in [0.2, 0.25) is 0 Å². The predicted molar refractivity (Wildman–Crippen MR) is 56.2 cm³/mol. The van der Waals surface area contributed by atoms with Crippen LogP contribution in [0.25, 0.3) is 0 Å². The number of hydrogen-bond acceptors (Lipinski definition) is 1. The van der Waals surface area contributed by atoms with Crippen LogP contribution in [0.3, 0.4) is 0 Å². The Labute approximate surface area is 84.5 Å². The molecule has 0 aromatic heterocycles. The maximum absolute atomic E-state index is 11.9. The first-order chi connectivity index (χ1) is 6.74. The van der Waals surface area contributed by atoms with Crippen molar-refractivity contribution in [2.75, 3.05) is 6.54 Å². The topological polar surface area (TPSA) is 20.3 Å². The minimum Gasteiger partial charge on any atom is -0.334 e. The number of hydrogen-bond donors (Lipinski definition) is 0. The van der Waals surface area contributed by atoms with Gasteiger partial charge in [-0.05, 0) is 30.5 Å². The summed E-state index contributed by atoms with van der Waals surface area (Å²) in [6.07, 6.45) is 1.03. The number of fused-ring (bicyclic) bond motifs is 1. The second-order valence-corrected chi connectivity index (χ2v) is 3.83. The maximum atomic E-state index is 11.9. The number of rotatable bonds is 2. The molecule has 0 unspecified atom stereocenters. The fourth-order valence-corrected chi connectivity index (χ4v) is 2.00. The van der Waals surface area contributed by atoms with Crippen LogP contribution in [0.5, 0.6) is 0 Å². The maximum Gasteiger partial charge on any atom is 0.254 e. The molecule has 0 saturated carbocycles. The zero-order chi connectivity index (χ0) is 10.1. The molecule has 2 heteroatoms. The first-order valence-electron chi connectivity index (χ1n) is 5.11. The van der Waals surface area contributed by atoms with Gasteiger partial charge in [-0.1, -0.05) is 19.1 Å². The van der Waals surface area contributed by atoms with Gasteiger partial charge in [-0.2, -0.15) is 0 Å². The lowest BCUT2D eigenvalue weighted by atomic mass is 10.1. The van der Waals surface area contributed by atoms with Crippen LogP contribution in [0, 0.1) is 6.92 Å². The molecule has 1 aromatic rings. The van der Waals surface area contributed by atoms with Gasteiger partial charge in [-0.15, -0.1) is 0 Å². The van der Waals surface area contributed by atoms with Gasteiger partial charge in [0.1, 0.15) is 0 Å². The quantitative estimate of drug-likeness (QED) is 0.699. The Kier molecular flexibility index (Phi) is 2.28. The van der Waals surface area contributed by atoms with E-state index < -0.39 is 0 Å². The van der Waals surface area contributed by atoms with E-state index in [1.807, 2.05) is 17.0 Å². The third kappa shape index (κ3) is 1.31. The summed E-state index contributed by atoms with van der Waals surface area (Å²) in [4.78, 5) is 13.8. The number of carbonyl (C=O) groups is 1. The molecule has 1 aliphatic heterocycles. The largest absolute Gasteiger partial charge is 0.334 e. The van der Waals surface area contributed by atoms with E-state index in [0.717, 1.165) is 25.1 Å². The highest BCUT2D eigenvalue weighted by atomic mass is 16.2. The molecule has 0 atom stereocenters. The van der Waals surface area contributed by atoms with Crippen LogP contribution >= 0.6 is 0 Å². The Hall–Kier alpha value is -1.31. The number of amides is 1. The van der Waals surface area contributed by atoms with Crippen LogP contribution in [0.4, 0.5) is 0 Å². The van der Waals surface area contributed by atoms with Crippen molar-refractivity contribution in [3.05, 3.63) is 34.9 Å². The summed E-state index contributed by atoms with van der Waals surface area (Å²) in [5.74, 6) is 0.200. The first kappa shape index (κ1) is 9.25. The minimum atomic E-state index is 0.200. The molecule has 1 aromatic carbocycles. The fourth-order valence-electron chi connectivity index (χ4n) is 2.00. The molecule has 1 aliphatic rings. The van der Waals surface area contributed by atoms with Gasteiger partial charge < -0.3 is 4.90 Å². The van der Waals surface area contributed by atoms with Crippen LogP contribution in [0.2, 0.25) is 0 Å². The van der Waals surface area contributed by atoms with Gasteiger partial charge in [-0.25, -0.2) is 0 Å². The molecule has 0 saturated heterocycles. The molecule has 0 bridgehead atoms. The normalized spacial score (nSPS) is 14.7. The van der Waals surface area contributed by atoms with Crippen molar-refractivity contribution in [2.24, 2.45) is 0 Å². The molecular formula is C12H15NO. The lowest BCUT2D eigenvalue weighted by Gasteiger charge is -2.13. The predicted octanol–water partition coefficient (Wildman–Crippen LogP) is 2.36. The Morgan fingerprint density at radius 1 is 1.43 bits per heavy atom. The third-order valence-corrected chi connectivity index (χ3v) is 2.77. The van der Waals surface area contributed by atoms with Crippen LogP contribution in [-0.4, -0.2) is 17.4 Å².